The third-order valence-corrected chi connectivity index (χ3v) is 8.03. The van der Waals surface area contributed by atoms with Gasteiger partial charge in [0.15, 0.2) is 0 Å². The molecule has 1 saturated heterocycles. The lowest BCUT2D eigenvalue weighted by Gasteiger charge is -2.50. The number of rotatable bonds is 10. The second-order valence-electron chi connectivity index (χ2n) is 11.1. The van der Waals surface area contributed by atoms with E-state index in [1.165, 1.54) is 6.92 Å². The third-order valence-electron chi connectivity index (χ3n) is 8.03. The molecule has 0 spiro atoms. The van der Waals surface area contributed by atoms with Crippen molar-refractivity contribution >= 4 is 12.0 Å². The first-order valence-electron chi connectivity index (χ1n) is 14.8. The average Bonchev–Trinajstić information content (AvgIpc) is 3.05. The summed E-state index contributed by atoms with van der Waals surface area (Å²) in [6.45, 7) is 1.90. The Hall–Kier alpha value is -5.40. The van der Waals surface area contributed by atoms with E-state index in [1.807, 2.05) is 72.8 Å². The molecule has 1 heterocycles. The topological polar surface area (TPSA) is 97.4 Å². The molecule has 1 aliphatic rings. The first-order valence-corrected chi connectivity index (χ1v) is 14.8. The molecule has 7 heteroatoms. The van der Waals surface area contributed by atoms with Gasteiger partial charge < -0.3 is 14.5 Å². The van der Waals surface area contributed by atoms with E-state index in [4.69, 9.17) is 4.74 Å². The first kappa shape index (κ1) is 30.1. The van der Waals surface area contributed by atoms with Crippen molar-refractivity contribution < 1.29 is 14.3 Å². The zero-order chi connectivity index (χ0) is 30.9. The molecule has 0 aromatic heterocycles. The van der Waals surface area contributed by atoms with E-state index in [2.05, 4.69) is 24.3 Å². The molecule has 0 aliphatic carbocycles. The lowest BCUT2D eigenvalue weighted by atomic mass is 9.87. The van der Waals surface area contributed by atoms with Crippen LogP contribution in [0.3, 0.4) is 0 Å². The van der Waals surface area contributed by atoms with Crippen LogP contribution in [-0.4, -0.2) is 40.0 Å². The Kier molecular flexibility index (Phi) is 9.69. The predicted molar refractivity (Wildman–Crippen MR) is 167 cm³/mol. The van der Waals surface area contributed by atoms with Crippen LogP contribution in [-0.2, 0) is 35.5 Å². The summed E-state index contributed by atoms with van der Waals surface area (Å²) in [6.07, 6.45) is 1.12. The molecule has 1 fully saturated rings. The number of nitrogens with zero attached hydrogens (tertiary/aromatic N) is 4. The number of amides is 2. The molecule has 2 amide bonds. The van der Waals surface area contributed by atoms with E-state index in [-0.39, 0.29) is 19.1 Å². The van der Waals surface area contributed by atoms with Crippen molar-refractivity contribution in [2.45, 2.75) is 57.5 Å². The molecule has 3 atom stereocenters. The van der Waals surface area contributed by atoms with Gasteiger partial charge in [0.1, 0.15) is 6.10 Å². The monoisotopic (exact) mass is 582 g/mol. The van der Waals surface area contributed by atoms with Gasteiger partial charge in [-0.3, -0.25) is 4.79 Å². The van der Waals surface area contributed by atoms with Crippen LogP contribution in [0.25, 0.3) is 0 Å². The van der Waals surface area contributed by atoms with Crippen molar-refractivity contribution in [1.29, 1.82) is 10.5 Å². The van der Waals surface area contributed by atoms with Gasteiger partial charge in [0.05, 0.1) is 35.3 Å². The van der Waals surface area contributed by atoms with Crippen molar-refractivity contribution in [2.24, 2.45) is 0 Å². The Bertz CT molecular complexity index is 1680. The maximum Gasteiger partial charge on any atom is 0.321 e. The molecule has 4 aromatic rings. The molecule has 4 aromatic carbocycles. The summed E-state index contributed by atoms with van der Waals surface area (Å²) in [5.41, 5.74) is 4.80. The molecule has 0 bridgehead atoms. The lowest BCUT2D eigenvalue weighted by molar-refractivity contribution is -0.157. The summed E-state index contributed by atoms with van der Waals surface area (Å²) >= 11 is 0. The zero-order valence-corrected chi connectivity index (χ0v) is 24.7. The van der Waals surface area contributed by atoms with Gasteiger partial charge in [-0.2, -0.15) is 10.5 Å². The second kappa shape index (κ2) is 14.2. The number of ether oxygens (including phenoxy) is 1. The number of urea groups is 1. The number of aryl methyl sites for hydroxylation is 1. The number of carbonyl (C=O) groups is 2. The normalized spacial score (nSPS) is 17.9. The number of nitriles is 2. The summed E-state index contributed by atoms with van der Waals surface area (Å²) < 4.78 is 6.17. The Balaban J connectivity index is 1.60. The van der Waals surface area contributed by atoms with E-state index < -0.39 is 24.2 Å². The third kappa shape index (κ3) is 7.32. The van der Waals surface area contributed by atoms with E-state index in [9.17, 15) is 20.1 Å². The molecule has 5 rings (SSSR count). The first-order chi connectivity index (χ1) is 21.4. The van der Waals surface area contributed by atoms with Gasteiger partial charge >= 0.3 is 12.0 Å². The number of benzene rings is 4. The Morgan fingerprint density at radius 1 is 0.705 bits per heavy atom. The molecule has 0 N–H and O–H groups in total. The Labute approximate surface area is 258 Å². The van der Waals surface area contributed by atoms with Gasteiger partial charge in [0, 0.05) is 20.0 Å². The van der Waals surface area contributed by atoms with E-state index in [1.54, 1.807) is 34.1 Å². The Morgan fingerprint density at radius 2 is 1.20 bits per heavy atom. The molecular formula is C37H34N4O3. The number of carbonyl (C=O) groups excluding carboxylic acids is 2. The standard InChI is InChI=1S/C37H34N4O3/c1-27(42)44-36-34(19-18-28-10-4-2-5-11-28)40(25-32-16-8-14-30(20-32)23-38)37(43)41(26-33-17-9-15-31(21-33)24-39)35(36)22-29-12-6-3-7-13-29/h2-17,20-21,34-36H,18-19,22,25-26H2,1H3/t34-,35-,36-/m1/s1. The summed E-state index contributed by atoms with van der Waals surface area (Å²) in [4.78, 5) is 30.9. The maximum atomic E-state index is 14.7. The van der Waals surface area contributed by atoms with Crippen LogP contribution < -0.4 is 0 Å². The highest BCUT2D eigenvalue weighted by Gasteiger charge is 2.48. The smallest absolute Gasteiger partial charge is 0.321 e. The fourth-order valence-electron chi connectivity index (χ4n) is 6.01. The van der Waals surface area contributed by atoms with Crippen LogP contribution in [0, 0.1) is 22.7 Å². The van der Waals surface area contributed by atoms with Crippen LogP contribution in [0.15, 0.2) is 109 Å². The highest BCUT2D eigenvalue weighted by molar-refractivity contribution is 5.77. The summed E-state index contributed by atoms with van der Waals surface area (Å²) in [5.74, 6) is -0.412. The lowest BCUT2D eigenvalue weighted by Crippen LogP contribution is -2.67. The van der Waals surface area contributed by atoms with Crippen molar-refractivity contribution in [3.05, 3.63) is 143 Å². The van der Waals surface area contributed by atoms with Crippen LogP contribution in [0.1, 0.15) is 46.7 Å². The minimum absolute atomic E-state index is 0.183. The van der Waals surface area contributed by atoms with Crippen molar-refractivity contribution in [2.75, 3.05) is 0 Å². The summed E-state index contributed by atoms with van der Waals surface area (Å²) in [6, 6.07) is 37.8. The summed E-state index contributed by atoms with van der Waals surface area (Å²) in [7, 11) is 0. The largest absolute Gasteiger partial charge is 0.458 e. The molecule has 220 valence electrons. The highest BCUT2D eigenvalue weighted by Crippen LogP contribution is 2.33. The quantitative estimate of drug-likeness (QED) is 0.201. The molecule has 44 heavy (non-hydrogen) atoms. The second-order valence-corrected chi connectivity index (χ2v) is 11.1. The zero-order valence-electron chi connectivity index (χ0n) is 24.7. The molecule has 0 unspecified atom stereocenters. The minimum Gasteiger partial charge on any atom is -0.458 e. The highest BCUT2D eigenvalue weighted by atomic mass is 16.5. The number of hydrogen-bond acceptors (Lipinski definition) is 5. The van der Waals surface area contributed by atoms with Crippen molar-refractivity contribution in [1.82, 2.24) is 9.80 Å². The van der Waals surface area contributed by atoms with Crippen LogP contribution >= 0.6 is 0 Å². The van der Waals surface area contributed by atoms with Crippen molar-refractivity contribution in [3.8, 4) is 12.1 Å². The van der Waals surface area contributed by atoms with Crippen LogP contribution in [0.4, 0.5) is 4.79 Å². The van der Waals surface area contributed by atoms with Gasteiger partial charge in [-0.25, -0.2) is 4.79 Å². The van der Waals surface area contributed by atoms with Crippen LogP contribution in [0.5, 0.6) is 0 Å². The summed E-state index contributed by atoms with van der Waals surface area (Å²) in [5, 5.41) is 19.1. The fourth-order valence-corrected chi connectivity index (χ4v) is 6.01. The molecule has 1 aliphatic heterocycles. The molecular weight excluding hydrogens is 548 g/mol. The maximum absolute atomic E-state index is 14.7. The number of esters is 1. The van der Waals surface area contributed by atoms with Crippen LogP contribution in [0.2, 0.25) is 0 Å². The van der Waals surface area contributed by atoms with E-state index >= 15 is 0 Å². The van der Waals surface area contributed by atoms with Crippen molar-refractivity contribution in [3.63, 3.8) is 0 Å². The van der Waals surface area contributed by atoms with Gasteiger partial charge in [-0.1, -0.05) is 84.9 Å². The molecule has 0 radical (unpaired) electrons. The van der Waals surface area contributed by atoms with Gasteiger partial charge in [-0.15, -0.1) is 0 Å². The number of hydrogen-bond donors (Lipinski definition) is 0. The predicted octanol–water partition coefficient (Wildman–Crippen LogP) is 6.41. The SMILES string of the molecule is CC(=O)O[C@@H]1[C@@H](CCc2ccccc2)N(Cc2cccc(C#N)c2)C(=O)N(Cc2cccc(C#N)c2)[C@@H]1Cc1ccccc1. The Morgan fingerprint density at radius 3 is 1.73 bits per heavy atom. The molecule has 0 saturated carbocycles. The van der Waals surface area contributed by atoms with Gasteiger partial charge in [0.2, 0.25) is 0 Å². The van der Waals surface area contributed by atoms with E-state index in [0.29, 0.717) is 30.4 Å². The van der Waals surface area contributed by atoms with E-state index in [0.717, 1.165) is 22.3 Å². The van der Waals surface area contributed by atoms with Gasteiger partial charge in [0.25, 0.3) is 0 Å². The fraction of sp³-hybridized carbons (Fsp3) is 0.243. The average molecular weight is 583 g/mol. The minimum atomic E-state index is -0.632. The molecule has 7 nitrogen and oxygen atoms in total. The van der Waals surface area contributed by atoms with Gasteiger partial charge in [-0.05, 0) is 65.8 Å².